The maximum atomic E-state index is 11.3. The molecule has 0 rings (SSSR count). The molecule has 0 aromatic carbocycles. The Balaban J connectivity index is 4.41. The molecule has 0 aromatic rings. The Kier molecular flexibility index (Phi) is 2.97. The first-order valence-corrected chi connectivity index (χ1v) is 2.56. The smallest absolute Gasteiger partial charge is 0.381 e. The predicted octanol–water partition coefficient (Wildman–Crippen LogP) is 0.833. The first-order valence-electron chi connectivity index (χ1n) is 2.56. The molecule has 0 aliphatic heterocycles. The van der Waals surface area contributed by atoms with Crippen LogP contribution < -0.4 is 0 Å². The second kappa shape index (κ2) is 3.09. The van der Waals surface area contributed by atoms with Gasteiger partial charge in [0.15, 0.2) is 12.2 Å². The van der Waals surface area contributed by atoms with Crippen molar-refractivity contribution in [2.45, 2.75) is 24.6 Å². The first-order chi connectivity index (χ1) is 5.07. The number of rotatable bonds is 1. The Morgan fingerprint density at radius 1 is 0.667 bits per heavy atom. The number of aliphatic hydroxyl groups excluding tert-OH is 2. The monoisotopic (exact) mass is 198 g/mol. The second-order valence-corrected chi connectivity index (χ2v) is 1.97. The molecule has 0 aliphatic carbocycles. The van der Waals surface area contributed by atoms with Crippen LogP contribution in [0.3, 0.4) is 0 Å². The Labute approximate surface area is 62.4 Å². The molecule has 0 unspecified atom stereocenters. The lowest BCUT2D eigenvalue weighted by molar-refractivity contribution is -0.293. The highest BCUT2D eigenvalue weighted by molar-refractivity contribution is 4.79. The van der Waals surface area contributed by atoms with Gasteiger partial charge in [0.1, 0.15) is 0 Å². The number of hydrogen-bond acceptors (Lipinski definition) is 2. The number of aliphatic hydroxyl groups is 2. The summed E-state index contributed by atoms with van der Waals surface area (Å²) < 4.78 is 67.9. The third-order valence-corrected chi connectivity index (χ3v) is 0.970. The maximum absolute atomic E-state index is 11.3. The molecule has 0 radical (unpaired) electrons. The van der Waals surface area contributed by atoms with Crippen molar-refractivity contribution in [3.8, 4) is 0 Å². The summed E-state index contributed by atoms with van der Waals surface area (Å²) in [5, 5.41) is 15.8. The van der Waals surface area contributed by atoms with Crippen LogP contribution in [0.2, 0.25) is 0 Å². The van der Waals surface area contributed by atoms with Crippen LogP contribution in [0, 0.1) is 0 Å². The van der Waals surface area contributed by atoms with Gasteiger partial charge in [0.2, 0.25) is 0 Å². The Morgan fingerprint density at radius 2 is 0.833 bits per heavy atom. The number of alkyl halides is 6. The third-order valence-electron chi connectivity index (χ3n) is 0.970. The Hall–Kier alpha value is -0.500. The summed E-state index contributed by atoms with van der Waals surface area (Å²) in [6, 6.07) is 0. The molecule has 2 N–H and O–H groups in total. The minimum atomic E-state index is -5.48. The summed E-state index contributed by atoms with van der Waals surface area (Å²) in [5.41, 5.74) is 0. The van der Waals surface area contributed by atoms with Crippen LogP contribution in [0.5, 0.6) is 0 Å². The van der Waals surface area contributed by atoms with Crippen molar-refractivity contribution in [3.63, 3.8) is 0 Å². The minimum Gasteiger partial charge on any atom is -0.381 e. The van der Waals surface area contributed by atoms with Gasteiger partial charge < -0.3 is 10.2 Å². The van der Waals surface area contributed by atoms with E-state index < -0.39 is 24.6 Å². The normalized spacial score (nSPS) is 19.0. The molecular weight excluding hydrogens is 194 g/mol. The summed E-state index contributed by atoms with van der Waals surface area (Å²) in [5.74, 6) is 0. The molecule has 2 atom stereocenters. The highest BCUT2D eigenvalue weighted by atomic mass is 19.4. The van der Waals surface area contributed by atoms with Crippen molar-refractivity contribution in [1.82, 2.24) is 0 Å². The minimum absolute atomic E-state index is 3.79. The largest absolute Gasteiger partial charge is 0.417 e. The van der Waals surface area contributed by atoms with Gasteiger partial charge in [0.25, 0.3) is 0 Å². The molecule has 74 valence electrons. The molecule has 0 saturated carbocycles. The summed E-state index contributed by atoms with van der Waals surface area (Å²) >= 11 is 0. The molecule has 0 spiro atoms. The van der Waals surface area contributed by atoms with Crippen LogP contribution in [0.25, 0.3) is 0 Å². The molecule has 0 bridgehead atoms. The first kappa shape index (κ1) is 11.5. The van der Waals surface area contributed by atoms with Crippen molar-refractivity contribution >= 4 is 0 Å². The van der Waals surface area contributed by atoms with Gasteiger partial charge in [-0.15, -0.1) is 0 Å². The van der Waals surface area contributed by atoms with E-state index in [1.165, 1.54) is 0 Å². The highest BCUT2D eigenvalue weighted by Crippen LogP contribution is 2.30. The van der Waals surface area contributed by atoms with Crippen molar-refractivity contribution in [2.24, 2.45) is 0 Å². The molecule has 8 heteroatoms. The average Bonchev–Trinajstić information content (AvgIpc) is 1.80. The van der Waals surface area contributed by atoms with E-state index in [0.29, 0.717) is 0 Å². The van der Waals surface area contributed by atoms with Crippen molar-refractivity contribution < 1.29 is 36.6 Å². The van der Waals surface area contributed by atoms with Crippen molar-refractivity contribution in [2.75, 3.05) is 0 Å². The van der Waals surface area contributed by atoms with Crippen LogP contribution in [0.15, 0.2) is 0 Å². The zero-order chi connectivity index (χ0) is 10.2. The summed E-state index contributed by atoms with van der Waals surface area (Å²) in [6.45, 7) is 0. The lowest BCUT2D eigenvalue weighted by Gasteiger charge is -2.21. The molecular formula is C4H4F6O2. The van der Waals surface area contributed by atoms with E-state index in [1.54, 1.807) is 0 Å². The summed E-state index contributed by atoms with van der Waals surface area (Å²) in [7, 11) is 0. The lowest BCUT2D eigenvalue weighted by Crippen LogP contribution is -2.47. The van der Waals surface area contributed by atoms with Gasteiger partial charge in [0.05, 0.1) is 0 Å². The van der Waals surface area contributed by atoms with E-state index in [-0.39, 0.29) is 0 Å². The third kappa shape index (κ3) is 2.86. The van der Waals surface area contributed by atoms with E-state index in [4.69, 9.17) is 10.2 Å². The fourth-order valence-electron chi connectivity index (χ4n) is 0.358. The molecule has 0 amide bonds. The molecule has 0 heterocycles. The van der Waals surface area contributed by atoms with Crippen LogP contribution in [-0.2, 0) is 0 Å². The van der Waals surface area contributed by atoms with Gasteiger partial charge in [-0.3, -0.25) is 0 Å². The SMILES string of the molecule is O[C@@H]([C@H](O)C(F)(F)F)C(F)(F)F. The molecule has 0 aromatic heterocycles. The van der Waals surface area contributed by atoms with Gasteiger partial charge in [-0.05, 0) is 0 Å². The molecule has 0 fully saturated rings. The van der Waals surface area contributed by atoms with Gasteiger partial charge >= 0.3 is 12.4 Å². The van der Waals surface area contributed by atoms with Gasteiger partial charge in [-0.1, -0.05) is 0 Å². The van der Waals surface area contributed by atoms with Crippen LogP contribution >= 0.6 is 0 Å². The van der Waals surface area contributed by atoms with Gasteiger partial charge in [-0.25, -0.2) is 0 Å². The topological polar surface area (TPSA) is 40.5 Å². The maximum Gasteiger partial charge on any atom is 0.417 e. The van der Waals surface area contributed by atoms with Crippen LogP contribution in [0.4, 0.5) is 26.3 Å². The Morgan fingerprint density at radius 3 is 0.917 bits per heavy atom. The number of halogens is 6. The lowest BCUT2D eigenvalue weighted by atomic mass is 10.2. The predicted molar refractivity (Wildman–Crippen MR) is 24.1 cm³/mol. The zero-order valence-corrected chi connectivity index (χ0v) is 5.32. The zero-order valence-electron chi connectivity index (χ0n) is 5.32. The fourth-order valence-corrected chi connectivity index (χ4v) is 0.358. The molecule has 0 saturated heterocycles. The Bertz CT molecular complexity index is 131. The summed E-state index contributed by atoms with van der Waals surface area (Å²) in [6.07, 6.45) is -18.5. The van der Waals surface area contributed by atoms with Crippen molar-refractivity contribution in [3.05, 3.63) is 0 Å². The van der Waals surface area contributed by atoms with Crippen LogP contribution in [0.1, 0.15) is 0 Å². The highest BCUT2D eigenvalue weighted by Gasteiger charge is 2.53. The summed E-state index contributed by atoms with van der Waals surface area (Å²) in [4.78, 5) is 0. The van der Waals surface area contributed by atoms with E-state index in [0.717, 1.165) is 0 Å². The van der Waals surface area contributed by atoms with E-state index in [1.807, 2.05) is 0 Å². The van der Waals surface area contributed by atoms with Crippen molar-refractivity contribution in [1.29, 1.82) is 0 Å². The van der Waals surface area contributed by atoms with Crippen LogP contribution in [-0.4, -0.2) is 34.8 Å². The van der Waals surface area contributed by atoms with Gasteiger partial charge in [0, 0.05) is 0 Å². The number of hydrogen-bond donors (Lipinski definition) is 2. The fraction of sp³-hybridized carbons (Fsp3) is 1.00. The average molecular weight is 198 g/mol. The van der Waals surface area contributed by atoms with E-state index in [9.17, 15) is 26.3 Å². The molecule has 0 aliphatic rings. The van der Waals surface area contributed by atoms with Gasteiger partial charge in [-0.2, -0.15) is 26.3 Å². The standard InChI is InChI=1S/C4H4F6O2/c5-3(6,7)1(11)2(12)4(8,9)10/h1-2,11-12H/t1-,2-/m0/s1. The second-order valence-electron chi connectivity index (χ2n) is 1.97. The van der Waals surface area contributed by atoms with E-state index >= 15 is 0 Å². The van der Waals surface area contributed by atoms with E-state index in [2.05, 4.69) is 0 Å². The molecule has 12 heavy (non-hydrogen) atoms. The quantitative estimate of drug-likeness (QED) is 0.612. The molecule has 2 nitrogen and oxygen atoms in total.